The number of rotatable bonds is 3. The number of hydrogen-bond acceptors (Lipinski definition) is 7. The first-order valence-corrected chi connectivity index (χ1v) is 11.5. The second kappa shape index (κ2) is 9.50. The molecule has 2 amide bonds. The van der Waals surface area contributed by atoms with Gasteiger partial charge < -0.3 is 9.80 Å². The summed E-state index contributed by atoms with van der Waals surface area (Å²) in [6.45, 7) is 1.53. The van der Waals surface area contributed by atoms with Crippen molar-refractivity contribution in [2.45, 2.75) is 12.5 Å². The van der Waals surface area contributed by atoms with Crippen molar-refractivity contribution in [3.8, 4) is 17.5 Å². The van der Waals surface area contributed by atoms with Gasteiger partial charge in [0.05, 0.1) is 35.1 Å². The molecule has 3 aromatic rings. The summed E-state index contributed by atoms with van der Waals surface area (Å²) in [5.41, 5.74) is 1.09. The van der Waals surface area contributed by atoms with E-state index in [0.717, 1.165) is 12.3 Å². The largest absolute Gasteiger partial charge is 0.341 e. The Hall–Kier alpha value is -4.11. The molecule has 13 heteroatoms. The summed E-state index contributed by atoms with van der Waals surface area (Å²) in [4.78, 5) is 25.2. The van der Waals surface area contributed by atoms with Crippen LogP contribution in [0.4, 0.5) is 19.5 Å². The van der Waals surface area contributed by atoms with E-state index in [1.807, 2.05) is 11.0 Å². The molecule has 1 saturated heterocycles. The summed E-state index contributed by atoms with van der Waals surface area (Å²) in [5.74, 6) is -0.840. The molecule has 2 aromatic heterocycles. The molecule has 0 spiro atoms. The Bertz CT molecular complexity index is 1380. The highest BCUT2D eigenvalue weighted by atomic mass is 35.5. The van der Waals surface area contributed by atoms with Crippen LogP contribution in [0.3, 0.4) is 0 Å². The maximum Gasteiger partial charge on any atom is 0.341 e. The fourth-order valence-corrected chi connectivity index (χ4v) is 4.60. The maximum atomic E-state index is 14.5. The fraction of sp³-hybridized carbons (Fsp3) is 0.304. The molecular formula is C23H20ClF2N9O. The first-order valence-electron chi connectivity index (χ1n) is 11.1. The maximum absolute atomic E-state index is 14.5. The van der Waals surface area contributed by atoms with Gasteiger partial charge in [-0.3, -0.25) is 4.68 Å². The van der Waals surface area contributed by atoms with Gasteiger partial charge in [-0.2, -0.15) is 15.5 Å². The van der Waals surface area contributed by atoms with Gasteiger partial charge in [-0.1, -0.05) is 11.6 Å². The number of aromatic nitrogens is 4. The third-order valence-electron chi connectivity index (χ3n) is 6.14. The summed E-state index contributed by atoms with van der Waals surface area (Å²) in [6.07, 6.45) is 4.54. The van der Waals surface area contributed by atoms with Crippen LogP contribution in [0.25, 0.3) is 11.4 Å². The zero-order valence-electron chi connectivity index (χ0n) is 19.1. The van der Waals surface area contributed by atoms with Crippen molar-refractivity contribution in [3.63, 3.8) is 0 Å². The predicted octanol–water partition coefficient (Wildman–Crippen LogP) is 3.36. The Morgan fingerprint density at radius 2 is 1.94 bits per heavy atom. The Balaban J connectivity index is 1.29. The average Bonchev–Trinajstić information content (AvgIpc) is 3.50. The number of piperazine rings is 1. The summed E-state index contributed by atoms with van der Waals surface area (Å²) < 4.78 is 29.9. The van der Waals surface area contributed by atoms with Crippen LogP contribution in [0.15, 0.2) is 35.7 Å². The van der Waals surface area contributed by atoms with Crippen molar-refractivity contribution in [2.24, 2.45) is 12.1 Å². The molecule has 184 valence electrons. The molecule has 2 aliphatic rings. The molecule has 1 atom stereocenters. The number of nitriles is 1. The number of amides is 2. The minimum Gasteiger partial charge on any atom is -0.337 e. The molecule has 1 aromatic carbocycles. The van der Waals surface area contributed by atoms with Crippen LogP contribution in [0.1, 0.15) is 23.6 Å². The Kier molecular flexibility index (Phi) is 6.24. The second-order valence-electron chi connectivity index (χ2n) is 8.37. The van der Waals surface area contributed by atoms with E-state index in [4.69, 9.17) is 16.9 Å². The summed E-state index contributed by atoms with van der Waals surface area (Å²) in [6, 6.07) is 5.15. The number of nitrogens with zero attached hydrogens (tertiary/aromatic N) is 9. The zero-order chi connectivity index (χ0) is 25.4. The minimum atomic E-state index is -0.618. The summed E-state index contributed by atoms with van der Waals surface area (Å²) >= 11 is 6.17. The number of carbonyl (C=O) groups excluding carboxylic acids is 1. The summed E-state index contributed by atoms with van der Waals surface area (Å²) in [5, 5.41) is 19.0. The van der Waals surface area contributed by atoms with Gasteiger partial charge in [0.1, 0.15) is 17.2 Å². The molecule has 0 aliphatic carbocycles. The fourth-order valence-electron chi connectivity index (χ4n) is 4.34. The molecule has 1 fully saturated rings. The van der Waals surface area contributed by atoms with E-state index in [-0.39, 0.29) is 22.3 Å². The van der Waals surface area contributed by atoms with Gasteiger partial charge in [-0.25, -0.2) is 28.6 Å². The van der Waals surface area contributed by atoms with E-state index in [2.05, 4.69) is 20.2 Å². The van der Waals surface area contributed by atoms with Crippen molar-refractivity contribution in [1.82, 2.24) is 29.7 Å². The lowest BCUT2D eigenvalue weighted by molar-refractivity contribution is 0.139. The van der Waals surface area contributed by atoms with Gasteiger partial charge in [0, 0.05) is 45.9 Å². The average molecular weight is 512 g/mol. The molecule has 2 aliphatic heterocycles. The van der Waals surface area contributed by atoms with E-state index in [1.165, 1.54) is 22.0 Å². The van der Waals surface area contributed by atoms with Crippen LogP contribution >= 0.6 is 11.6 Å². The molecule has 0 bridgehead atoms. The standard InChI is InChI=1S/C23H20ClF2N9O/c1-32-21(17(24)12-30-32)20-18(26)13-28-22(31-20)33-4-6-34(7-5-33)23(36)35-19(2-3-29-35)15-8-14(11-27)9-16(25)10-15/h3,8-10,12-13,19H,2,4-7H2,1H3. The lowest BCUT2D eigenvalue weighted by atomic mass is 10.0. The van der Waals surface area contributed by atoms with Gasteiger partial charge in [-0.05, 0) is 23.8 Å². The molecular weight excluding hydrogens is 492 g/mol. The zero-order valence-corrected chi connectivity index (χ0v) is 19.9. The Labute approximate surface area is 210 Å². The van der Waals surface area contributed by atoms with Gasteiger partial charge >= 0.3 is 6.03 Å². The number of urea groups is 1. The third-order valence-corrected chi connectivity index (χ3v) is 6.42. The van der Waals surface area contributed by atoms with Gasteiger partial charge in [0.2, 0.25) is 5.95 Å². The molecule has 0 saturated carbocycles. The molecule has 4 heterocycles. The molecule has 5 rings (SSSR count). The number of hydrogen-bond donors (Lipinski definition) is 0. The van der Waals surface area contributed by atoms with Crippen molar-refractivity contribution in [2.75, 3.05) is 31.1 Å². The van der Waals surface area contributed by atoms with Crippen molar-refractivity contribution in [1.29, 1.82) is 5.26 Å². The van der Waals surface area contributed by atoms with Gasteiger partial charge in [0.25, 0.3) is 0 Å². The van der Waals surface area contributed by atoms with Gasteiger partial charge in [-0.15, -0.1) is 0 Å². The van der Waals surface area contributed by atoms with Crippen LogP contribution in [0.5, 0.6) is 0 Å². The van der Waals surface area contributed by atoms with Gasteiger partial charge in [0.15, 0.2) is 5.82 Å². The van der Waals surface area contributed by atoms with Crippen molar-refractivity contribution < 1.29 is 13.6 Å². The predicted molar refractivity (Wildman–Crippen MR) is 127 cm³/mol. The SMILES string of the molecule is Cn1ncc(Cl)c1-c1nc(N2CCN(C(=O)N3N=CCC3c3cc(F)cc(C#N)c3)CC2)ncc1F. The molecule has 1 unspecified atom stereocenters. The molecule has 0 N–H and O–H groups in total. The van der Waals surface area contributed by atoms with Crippen LogP contribution in [-0.2, 0) is 7.05 Å². The number of anilines is 1. The molecule has 0 radical (unpaired) electrons. The minimum absolute atomic E-state index is 0.0459. The number of benzene rings is 1. The first kappa shape index (κ1) is 23.6. The van der Waals surface area contributed by atoms with Crippen LogP contribution in [0.2, 0.25) is 5.02 Å². The van der Waals surface area contributed by atoms with Crippen molar-refractivity contribution >= 4 is 29.8 Å². The molecule has 10 nitrogen and oxygen atoms in total. The second-order valence-corrected chi connectivity index (χ2v) is 8.77. The highest BCUT2D eigenvalue weighted by Crippen LogP contribution is 2.31. The monoisotopic (exact) mass is 511 g/mol. The van der Waals surface area contributed by atoms with Crippen molar-refractivity contribution in [3.05, 3.63) is 58.4 Å². The van der Waals surface area contributed by atoms with Crippen LogP contribution < -0.4 is 4.90 Å². The van der Waals surface area contributed by atoms with E-state index in [9.17, 15) is 13.6 Å². The third kappa shape index (κ3) is 4.33. The number of hydrazone groups is 1. The summed E-state index contributed by atoms with van der Waals surface area (Å²) in [7, 11) is 1.64. The quantitative estimate of drug-likeness (QED) is 0.534. The first-order chi connectivity index (χ1) is 17.4. The van der Waals surface area contributed by atoms with E-state index >= 15 is 0 Å². The van der Waals surface area contributed by atoms with E-state index in [0.29, 0.717) is 49.8 Å². The smallest absolute Gasteiger partial charge is 0.337 e. The normalized spacial score (nSPS) is 17.5. The lowest BCUT2D eigenvalue weighted by Gasteiger charge is -2.37. The number of carbonyl (C=O) groups is 1. The highest BCUT2D eigenvalue weighted by molar-refractivity contribution is 6.32. The molecule has 36 heavy (non-hydrogen) atoms. The Morgan fingerprint density at radius 1 is 1.17 bits per heavy atom. The van der Waals surface area contributed by atoms with Crippen LogP contribution in [0, 0.1) is 23.0 Å². The topological polar surface area (TPSA) is 107 Å². The number of halogens is 3. The number of aryl methyl sites for hydroxylation is 1. The highest BCUT2D eigenvalue weighted by Gasteiger charge is 2.34. The van der Waals surface area contributed by atoms with Crippen LogP contribution in [-0.4, -0.2) is 68.1 Å². The van der Waals surface area contributed by atoms with E-state index < -0.39 is 17.7 Å². The van der Waals surface area contributed by atoms with E-state index in [1.54, 1.807) is 24.2 Å². The lowest BCUT2D eigenvalue weighted by Crippen LogP contribution is -2.52. The Morgan fingerprint density at radius 3 is 2.64 bits per heavy atom.